The summed E-state index contributed by atoms with van der Waals surface area (Å²) in [4.78, 5) is 20.8. The Morgan fingerprint density at radius 1 is 1.14 bits per heavy atom. The van der Waals surface area contributed by atoms with Gasteiger partial charge in [-0.2, -0.15) is 0 Å². The summed E-state index contributed by atoms with van der Waals surface area (Å²) in [5, 5.41) is 10.7. The molecule has 0 amide bonds. The van der Waals surface area contributed by atoms with Gasteiger partial charge in [0.1, 0.15) is 12.0 Å². The molecule has 2 rings (SSSR count). The Morgan fingerprint density at radius 3 is 2.48 bits per heavy atom. The number of ether oxygens (including phenoxy) is 1. The van der Waals surface area contributed by atoms with E-state index in [9.17, 15) is 19.3 Å². The van der Waals surface area contributed by atoms with Gasteiger partial charge in [0, 0.05) is 11.1 Å². The van der Waals surface area contributed by atoms with E-state index in [1.807, 2.05) is 0 Å². The maximum atomic E-state index is 13.9. The van der Waals surface area contributed by atoms with Crippen LogP contribution in [-0.2, 0) is 0 Å². The van der Waals surface area contributed by atoms with E-state index in [4.69, 9.17) is 4.74 Å². The van der Waals surface area contributed by atoms with Gasteiger partial charge in [-0.05, 0) is 31.5 Å². The number of nitro benzene ring substituents is 1. The molecule has 5 nitrogen and oxygen atoms in total. The molecule has 0 N–H and O–H groups in total. The smallest absolute Gasteiger partial charge is 0.275 e. The van der Waals surface area contributed by atoms with E-state index in [0.717, 1.165) is 11.6 Å². The molecule has 21 heavy (non-hydrogen) atoms. The van der Waals surface area contributed by atoms with E-state index in [1.165, 1.54) is 19.1 Å². The lowest BCUT2D eigenvalue weighted by molar-refractivity contribution is -0.385. The summed E-state index contributed by atoms with van der Waals surface area (Å²) in [5.41, 5.74) is 1.10. The van der Waals surface area contributed by atoms with E-state index < -0.39 is 10.7 Å². The predicted molar refractivity (Wildman–Crippen MR) is 74.4 cm³/mol. The average molecular weight is 289 g/mol. The zero-order chi connectivity index (χ0) is 15.6. The van der Waals surface area contributed by atoms with Crippen molar-refractivity contribution in [2.45, 2.75) is 13.8 Å². The number of carbonyl (C=O) groups excluding carboxylic acids is 1. The van der Waals surface area contributed by atoms with E-state index in [-0.39, 0.29) is 11.4 Å². The van der Waals surface area contributed by atoms with Crippen LogP contribution in [0.2, 0.25) is 0 Å². The third kappa shape index (κ3) is 3.05. The molecule has 6 heteroatoms. The number of benzene rings is 2. The lowest BCUT2D eigenvalue weighted by atomic mass is 10.1. The molecule has 0 fully saturated rings. The van der Waals surface area contributed by atoms with Crippen molar-refractivity contribution in [3.8, 4) is 11.5 Å². The van der Waals surface area contributed by atoms with Crippen molar-refractivity contribution in [1.29, 1.82) is 0 Å². The van der Waals surface area contributed by atoms with Crippen LogP contribution in [-0.4, -0.2) is 11.2 Å². The molecule has 108 valence electrons. The van der Waals surface area contributed by atoms with Crippen molar-refractivity contribution in [3.05, 3.63) is 63.0 Å². The number of nitro groups is 1. The second-order valence-corrected chi connectivity index (χ2v) is 4.57. The molecule has 0 spiro atoms. The van der Waals surface area contributed by atoms with Gasteiger partial charge in [0.15, 0.2) is 11.6 Å². The van der Waals surface area contributed by atoms with Crippen LogP contribution >= 0.6 is 0 Å². The molecule has 0 unspecified atom stereocenters. The van der Waals surface area contributed by atoms with Crippen LogP contribution in [0.5, 0.6) is 11.5 Å². The summed E-state index contributed by atoms with van der Waals surface area (Å²) < 4.78 is 19.3. The summed E-state index contributed by atoms with van der Waals surface area (Å²) >= 11 is 0. The van der Waals surface area contributed by atoms with Crippen LogP contribution < -0.4 is 4.74 Å². The molecular weight excluding hydrogens is 277 g/mol. The third-order valence-corrected chi connectivity index (χ3v) is 3.02. The zero-order valence-corrected chi connectivity index (χ0v) is 11.4. The number of aldehydes is 1. The van der Waals surface area contributed by atoms with Crippen LogP contribution in [0, 0.1) is 29.8 Å². The Kier molecular flexibility index (Phi) is 3.98. The quantitative estimate of drug-likeness (QED) is 0.485. The molecule has 0 aliphatic carbocycles. The van der Waals surface area contributed by atoms with Crippen molar-refractivity contribution in [2.75, 3.05) is 0 Å². The number of hydrogen-bond acceptors (Lipinski definition) is 4. The molecule has 0 atom stereocenters. The maximum absolute atomic E-state index is 13.9. The fraction of sp³-hybridized carbons (Fsp3) is 0.133. The molecule has 0 saturated carbocycles. The van der Waals surface area contributed by atoms with E-state index in [1.54, 1.807) is 19.1 Å². The summed E-state index contributed by atoms with van der Waals surface area (Å²) in [6.45, 7) is 3.25. The van der Waals surface area contributed by atoms with Crippen molar-refractivity contribution in [1.82, 2.24) is 0 Å². The van der Waals surface area contributed by atoms with Gasteiger partial charge in [-0.3, -0.25) is 14.9 Å². The summed E-state index contributed by atoms with van der Waals surface area (Å²) in [6.07, 6.45) is 0.656. The van der Waals surface area contributed by atoms with Crippen molar-refractivity contribution in [3.63, 3.8) is 0 Å². The maximum Gasteiger partial charge on any atom is 0.275 e. The van der Waals surface area contributed by atoms with Crippen molar-refractivity contribution >= 4 is 12.0 Å². The van der Waals surface area contributed by atoms with Crippen molar-refractivity contribution in [2.24, 2.45) is 0 Å². The van der Waals surface area contributed by atoms with Crippen LogP contribution in [0.15, 0.2) is 30.3 Å². The number of hydrogen-bond donors (Lipinski definition) is 0. The minimum atomic E-state index is -0.830. The molecule has 0 radical (unpaired) electrons. The molecule has 0 bridgehead atoms. The Balaban J connectivity index is 2.42. The highest BCUT2D eigenvalue weighted by molar-refractivity contribution is 5.76. The summed E-state index contributed by atoms with van der Waals surface area (Å²) in [7, 11) is 0. The average Bonchev–Trinajstić information content (AvgIpc) is 2.44. The van der Waals surface area contributed by atoms with Crippen LogP contribution in [0.1, 0.15) is 21.5 Å². The van der Waals surface area contributed by atoms with Gasteiger partial charge in [-0.1, -0.05) is 12.1 Å². The predicted octanol–water partition coefficient (Wildman–Crippen LogP) is 3.96. The molecular formula is C15H12FNO4. The first-order chi connectivity index (χ1) is 9.92. The Morgan fingerprint density at radius 2 is 1.86 bits per heavy atom. The molecule has 0 heterocycles. The number of carbonyl (C=O) groups is 1. The third-order valence-electron chi connectivity index (χ3n) is 3.02. The monoisotopic (exact) mass is 289 g/mol. The fourth-order valence-electron chi connectivity index (χ4n) is 1.84. The molecule has 0 aliphatic rings. The normalized spacial score (nSPS) is 10.2. The minimum Gasteiger partial charge on any atom is -0.454 e. The topological polar surface area (TPSA) is 69.4 Å². The van der Waals surface area contributed by atoms with E-state index in [2.05, 4.69) is 0 Å². The Hall–Kier alpha value is -2.76. The van der Waals surface area contributed by atoms with Gasteiger partial charge in [0.25, 0.3) is 5.69 Å². The first kappa shape index (κ1) is 14.6. The first-order valence-corrected chi connectivity index (χ1v) is 6.10. The molecule has 0 saturated heterocycles. The number of nitrogens with zero attached hydrogens (tertiary/aromatic N) is 1. The van der Waals surface area contributed by atoms with Gasteiger partial charge in [0.05, 0.1) is 11.0 Å². The fourth-order valence-corrected chi connectivity index (χ4v) is 1.84. The van der Waals surface area contributed by atoms with Crippen LogP contribution in [0.4, 0.5) is 10.1 Å². The highest BCUT2D eigenvalue weighted by Gasteiger charge is 2.17. The van der Waals surface area contributed by atoms with Gasteiger partial charge in [0.2, 0.25) is 0 Å². The van der Waals surface area contributed by atoms with Gasteiger partial charge >= 0.3 is 0 Å². The van der Waals surface area contributed by atoms with Gasteiger partial charge in [-0.25, -0.2) is 4.39 Å². The molecule has 0 aliphatic heterocycles. The molecule has 2 aromatic rings. The molecule has 2 aromatic carbocycles. The first-order valence-electron chi connectivity index (χ1n) is 6.10. The summed E-state index contributed by atoms with van der Waals surface area (Å²) in [6, 6.07) is 6.87. The lowest BCUT2D eigenvalue weighted by Crippen LogP contribution is -1.97. The lowest BCUT2D eigenvalue weighted by Gasteiger charge is -2.11. The Labute approximate surface area is 120 Å². The van der Waals surface area contributed by atoms with Crippen LogP contribution in [0.25, 0.3) is 0 Å². The highest BCUT2D eigenvalue weighted by atomic mass is 19.1. The largest absolute Gasteiger partial charge is 0.454 e. The van der Waals surface area contributed by atoms with E-state index in [0.29, 0.717) is 23.2 Å². The summed E-state index contributed by atoms with van der Waals surface area (Å²) in [5.74, 6) is -0.626. The minimum absolute atomic E-state index is 0.121. The SMILES string of the molecule is Cc1ccc(C=O)cc1Oc1cc(C)c([N+](=O)[O-])cc1F. The standard InChI is InChI=1S/C15H12FNO4/c1-9-3-4-11(8-18)6-14(9)21-15-5-10(2)13(17(19)20)7-12(15)16/h3-8H,1-2H3. The number of aryl methyl sites for hydroxylation is 2. The second-order valence-electron chi connectivity index (χ2n) is 4.57. The number of rotatable bonds is 4. The zero-order valence-electron chi connectivity index (χ0n) is 11.4. The second kappa shape index (κ2) is 5.70. The highest BCUT2D eigenvalue weighted by Crippen LogP contribution is 2.32. The molecule has 0 aromatic heterocycles. The van der Waals surface area contributed by atoms with Gasteiger partial charge in [-0.15, -0.1) is 0 Å². The van der Waals surface area contributed by atoms with Crippen molar-refractivity contribution < 1.29 is 18.8 Å². The van der Waals surface area contributed by atoms with E-state index >= 15 is 0 Å². The van der Waals surface area contributed by atoms with Crippen LogP contribution in [0.3, 0.4) is 0 Å². The van der Waals surface area contributed by atoms with Gasteiger partial charge < -0.3 is 4.74 Å². The Bertz CT molecular complexity index is 728. The number of halogens is 1.